The maximum atomic E-state index is 12.2. The standard InChI is InChI=1S/C18H26N2O3/c1-13-15(10-11-22-13)19-18(21)20-16-8-5-9-17(16)23-12-14-6-3-2-4-7-14/h2-4,6-7,13,15-17H,5,8-12H2,1H3,(H2,19,20,21)/t13-,15-,16-,17-/m0/s1. The summed E-state index contributed by atoms with van der Waals surface area (Å²) in [4.78, 5) is 12.2. The molecule has 0 aromatic heterocycles. The van der Waals surface area contributed by atoms with E-state index in [9.17, 15) is 4.79 Å². The lowest BCUT2D eigenvalue weighted by Crippen LogP contribution is -2.50. The number of urea groups is 1. The van der Waals surface area contributed by atoms with Crippen LogP contribution in [0.25, 0.3) is 0 Å². The summed E-state index contributed by atoms with van der Waals surface area (Å²) >= 11 is 0. The number of hydrogen-bond acceptors (Lipinski definition) is 3. The van der Waals surface area contributed by atoms with Gasteiger partial charge in [0.05, 0.1) is 30.9 Å². The first kappa shape index (κ1) is 16.3. The van der Waals surface area contributed by atoms with E-state index in [-0.39, 0.29) is 30.3 Å². The third-order valence-electron chi connectivity index (χ3n) is 4.77. The summed E-state index contributed by atoms with van der Waals surface area (Å²) in [5, 5.41) is 6.10. The van der Waals surface area contributed by atoms with E-state index < -0.39 is 0 Å². The number of benzene rings is 1. The van der Waals surface area contributed by atoms with Crippen molar-refractivity contribution < 1.29 is 14.3 Å². The second kappa shape index (κ2) is 7.79. The normalized spacial score (nSPS) is 30.3. The Morgan fingerprint density at radius 2 is 1.96 bits per heavy atom. The van der Waals surface area contributed by atoms with Gasteiger partial charge in [-0.05, 0) is 38.2 Å². The minimum atomic E-state index is -0.104. The first-order valence-electron chi connectivity index (χ1n) is 8.56. The van der Waals surface area contributed by atoms with Crippen LogP contribution in [0, 0.1) is 0 Å². The zero-order valence-electron chi connectivity index (χ0n) is 13.7. The van der Waals surface area contributed by atoms with Gasteiger partial charge in [0, 0.05) is 6.61 Å². The summed E-state index contributed by atoms with van der Waals surface area (Å²) < 4.78 is 11.5. The van der Waals surface area contributed by atoms with Gasteiger partial charge in [-0.2, -0.15) is 0 Å². The summed E-state index contributed by atoms with van der Waals surface area (Å²) in [7, 11) is 0. The van der Waals surface area contributed by atoms with E-state index in [1.165, 1.54) is 5.56 Å². The van der Waals surface area contributed by atoms with E-state index in [2.05, 4.69) is 22.8 Å². The summed E-state index contributed by atoms with van der Waals surface area (Å²) in [5.74, 6) is 0. The van der Waals surface area contributed by atoms with Gasteiger partial charge in [-0.3, -0.25) is 0 Å². The Labute approximate surface area is 137 Å². The molecule has 2 aliphatic rings. The Balaban J connectivity index is 1.45. The molecule has 1 saturated carbocycles. The van der Waals surface area contributed by atoms with Crippen LogP contribution in [0.3, 0.4) is 0 Å². The van der Waals surface area contributed by atoms with Gasteiger partial charge in [-0.1, -0.05) is 30.3 Å². The highest BCUT2D eigenvalue weighted by molar-refractivity contribution is 5.74. The van der Waals surface area contributed by atoms with Crippen molar-refractivity contribution in [2.45, 2.75) is 63.5 Å². The van der Waals surface area contributed by atoms with Crippen LogP contribution in [0.5, 0.6) is 0 Å². The molecule has 5 nitrogen and oxygen atoms in total. The summed E-state index contributed by atoms with van der Waals surface area (Å²) in [5.41, 5.74) is 1.17. The SMILES string of the molecule is C[C@@H]1OCC[C@@H]1NC(=O)N[C@H]1CCC[C@@H]1OCc1ccccc1. The average molecular weight is 318 g/mol. The molecule has 1 aliphatic carbocycles. The molecular formula is C18H26N2O3. The third-order valence-corrected chi connectivity index (χ3v) is 4.77. The fourth-order valence-corrected chi connectivity index (χ4v) is 3.37. The number of rotatable bonds is 5. The number of carbonyl (C=O) groups is 1. The fourth-order valence-electron chi connectivity index (χ4n) is 3.37. The molecule has 1 aromatic rings. The molecule has 4 atom stereocenters. The number of ether oxygens (including phenoxy) is 2. The van der Waals surface area contributed by atoms with E-state index in [1.54, 1.807) is 0 Å². The second-order valence-corrected chi connectivity index (χ2v) is 6.46. The van der Waals surface area contributed by atoms with Crippen LogP contribution in [-0.2, 0) is 16.1 Å². The van der Waals surface area contributed by atoms with Crippen LogP contribution >= 0.6 is 0 Å². The van der Waals surface area contributed by atoms with Crippen molar-refractivity contribution in [3.8, 4) is 0 Å². The van der Waals surface area contributed by atoms with Crippen molar-refractivity contribution in [3.05, 3.63) is 35.9 Å². The molecule has 2 amide bonds. The molecule has 1 heterocycles. The Morgan fingerprint density at radius 3 is 2.70 bits per heavy atom. The number of carbonyl (C=O) groups excluding carboxylic acids is 1. The maximum absolute atomic E-state index is 12.2. The molecule has 3 rings (SSSR count). The van der Waals surface area contributed by atoms with Gasteiger partial charge in [0.2, 0.25) is 0 Å². The van der Waals surface area contributed by atoms with Crippen molar-refractivity contribution >= 4 is 6.03 Å². The smallest absolute Gasteiger partial charge is 0.315 e. The monoisotopic (exact) mass is 318 g/mol. The highest BCUT2D eigenvalue weighted by Gasteiger charge is 2.31. The molecule has 0 unspecified atom stereocenters. The minimum Gasteiger partial charge on any atom is -0.376 e. The number of nitrogens with one attached hydrogen (secondary N) is 2. The molecule has 0 bridgehead atoms. The lowest BCUT2D eigenvalue weighted by molar-refractivity contribution is 0.0299. The fraction of sp³-hybridized carbons (Fsp3) is 0.611. The van der Waals surface area contributed by atoms with E-state index in [1.807, 2.05) is 25.1 Å². The molecule has 0 radical (unpaired) electrons. The highest BCUT2D eigenvalue weighted by atomic mass is 16.5. The van der Waals surface area contributed by atoms with Gasteiger partial charge >= 0.3 is 6.03 Å². The third kappa shape index (κ3) is 4.45. The number of amides is 2. The molecule has 2 fully saturated rings. The van der Waals surface area contributed by atoms with Crippen LogP contribution in [0.2, 0.25) is 0 Å². The maximum Gasteiger partial charge on any atom is 0.315 e. The summed E-state index contributed by atoms with van der Waals surface area (Å²) in [6.07, 6.45) is 4.14. The predicted molar refractivity (Wildman–Crippen MR) is 88.1 cm³/mol. The Hall–Kier alpha value is -1.59. The van der Waals surface area contributed by atoms with Gasteiger partial charge < -0.3 is 20.1 Å². The van der Waals surface area contributed by atoms with Crippen molar-refractivity contribution in [1.82, 2.24) is 10.6 Å². The van der Waals surface area contributed by atoms with Crippen LogP contribution in [0.4, 0.5) is 4.79 Å². The quantitative estimate of drug-likeness (QED) is 0.877. The van der Waals surface area contributed by atoms with Crippen molar-refractivity contribution in [2.24, 2.45) is 0 Å². The van der Waals surface area contributed by atoms with Gasteiger partial charge in [0.15, 0.2) is 0 Å². The number of hydrogen-bond donors (Lipinski definition) is 2. The highest BCUT2D eigenvalue weighted by Crippen LogP contribution is 2.23. The van der Waals surface area contributed by atoms with Gasteiger partial charge in [-0.15, -0.1) is 0 Å². The van der Waals surface area contributed by atoms with E-state index in [4.69, 9.17) is 9.47 Å². The van der Waals surface area contributed by atoms with E-state index >= 15 is 0 Å². The molecule has 23 heavy (non-hydrogen) atoms. The molecular weight excluding hydrogens is 292 g/mol. The Kier molecular flexibility index (Phi) is 5.51. The minimum absolute atomic E-state index is 0.0921. The Morgan fingerprint density at radius 1 is 1.17 bits per heavy atom. The van der Waals surface area contributed by atoms with Gasteiger partial charge in [-0.25, -0.2) is 4.79 Å². The van der Waals surface area contributed by atoms with Crippen LogP contribution in [-0.4, -0.2) is 36.9 Å². The lowest BCUT2D eigenvalue weighted by atomic mass is 10.1. The van der Waals surface area contributed by atoms with Gasteiger partial charge in [0.1, 0.15) is 0 Å². The molecule has 1 aliphatic heterocycles. The molecule has 5 heteroatoms. The van der Waals surface area contributed by atoms with Crippen LogP contribution < -0.4 is 10.6 Å². The van der Waals surface area contributed by atoms with Gasteiger partial charge in [0.25, 0.3) is 0 Å². The molecule has 2 N–H and O–H groups in total. The second-order valence-electron chi connectivity index (χ2n) is 6.46. The van der Waals surface area contributed by atoms with Crippen LogP contribution in [0.15, 0.2) is 30.3 Å². The van der Waals surface area contributed by atoms with E-state index in [0.717, 1.165) is 32.3 Å². The summed E-state index contributed by atoms with van der Waals surface area (Å²) in [6.45, 7) is 3.32. The van der Waals surface area contributed by atoms with Crippen molar-refractivity contribution in [2.75, 3.05) is 6.61 Å². The van der Waals surface area contributed by atoms with Crippen LogP contribution in [0.1, 0.15) is 38.2 Å². The average Bonchev–Trinajstić information content (AvgIpc) is 3.16. The topological polar surface area (TPSA) is 59.6 Å². The first-order chi connectivity index (χ1) is 11.2. The zero-order chi connectivity index (χ0) is 16.1. The zero-order valence-corrected chi connectivity index (χ0v) is 13.7. The molecule has 126 valence electrons. The molecule has 1 aromatic carbocycles. The van der Waals surface area contributed by atoms with E-state index in [0.29, 0.717) is 6.61 Å². The lowest BCUT2D eigenvalue weighted by Gasteiger charge is -2.23. The Bertz CT molecular complexity index is 508. The largest absolute Gasteiger partial charge is 0.376 e. The predicted octanol–water partition coefficient (Wildman–Crippen LogP) is 2.60. The first-order valence-corrected chi connectivity index (χ1v) is 8.56. The van der Waals surface area contributed by atoms with Crippen molar-refractivity contribution in [1.29, 1.82) is 0 Å². The summed E-state index contributed by atoms with van der Waals surface area (Å²) in [6, 6.07) is 10.3. The molecule has 1 saturated heterocycles. The van der Waals surface area contributed by atoms with Crippen molar-refractivity contribution in [3.63, 3.8) is 0 Å². The molecule has 0 spiro atoms.